The van der Waals surface area contributed by atoms with Gasteiger partial charge in [-0.25, -0.2) is 0 Å². The van der Waals surface area contributed by atoms with Crippen molar-refractivity contribution in [2.45, 2.75) is 20.8 Å². The lowest BCUT2D eigenvalue weighted by molar-refractivity contribution is -0.141. The fourth-order valence-electron chi connectivity index (χ4n) is 1.85. The molecule has 0 atom stereocenters. The van der Waals surface area contributed by atoms with E-state index in [1.807, 2.05) is 36.9 Å². The van der Waals surface area contributed by atoms with Gasteiger partial charge in [-0.3, -0.25) is 4.79 Å². The number of aryl methyl sites for hydroxylation is 1. The molecule has 5 heteroatoms. The molecule has 1 rings (SSSR count). The number of benzene rings is 1. The van der Waals surface area contributed by atoms with Crippen LogP contribution in [0.25, 0.3) is 0 Å². The average molecular weight is 280 g/mol. The van der Waals surface area contributed by atoms with Crippen LogP contribution in [0.3, 0.4) is 0 Å². The third-order valence-electron chi connectivity index (χ3n) is 2.77. The molecule has 19 heavy (non-hydrogen) atoms. The molecule has 0 saturated heterocycles. The maximum Gasteiger partial charge on any atom is 0.325 e. The number of hydrogen-bond donors (Lipinski definition) is 1. The van der Waals surface area contributed by atoms with Crippen molar-refractivity contribution in [1.29, 1.82) is 0 Å². The van der Waals surface area contributed by atoms with Gasteiger partial charge in [0.25, 0.3) is 0 Å². The van der Waals surface area contributed by atoms with Gasteiger partial charge in [-0.1, -0.05) is 23.8 Å². The number of likely N-dealkylation sites (N-methyl/N-ethyl adjacent to an activating group) is 1. The van der Waals surface area contributed by atoms with E-state index >= 15 is 0 Å². The van der Waals surface area contributed by atoms with Gasteiger partial charge in [0.15, 0.2) is 0 Å². The molecule has 0 aliphatic rings. The van der Waals surface area contributed by atoms with Gasteiger partial charge in [-0.05, 0) is 32.9 Å². The Bertz CT molecular complexity index is 475. The molecule has 104 valence electrons. The number of nitrogens with two attached hydrogens (primary N) is 1. The minimum Gasteiger partial charge on any atom is -0.465 e. The van der Waals surface area contributed by atoms with Crippen molar-refractivity contribution < 1.29 is 9.53 Å². The van der Waals surface area contributed by atoms with Gasteiger partial charge in [0.2, 0.25) is 0 Å². The van der Waals surface area contributed by atoms with Gasteiger partial charge >= 0.3 is 5.97 Å². The maximum atomic E-state index is 11.6. The second kappa shape index (κ2) is 7.09. The zero-order valence-corrected chi connectivity index (χ0v) is 12.4. The molecule has 0 aliphatic carbocycles. The average Bonchev–Trinajstić information content (AvgIpc) is 2.36. The Balaban J connectivity index is 3.04. The van der Waals surface area contributed by atoms with Gasteiger partial charge in [-0.15, -0.1) is 0 Å². The molecule has 1 aromatic carbocycles. The van der Waals surface area contributed by atoms with Crippen LogP contribution >= 0.6 is 12.2 Å². The van der Waals surface area contributed by atoms with Crippen molar-refractivity contribution in [2.24, 2.45) is 5.73 Å². The third-order valence-corrected chi connectivity index (χ3v) is 2.99. The summed E-state index contributed by atoms with van der Waals surface area (Å²) in [4.78, 5) is 13.8. The number of carbonyl (C=O) groups is 1. The maximum absolute atomic E-state index is 11.6. The molecule has 0 saturated carbocycles. The second-order valence-corrected chi connectivity index (χ2v) is 4.64. The molecular formula is C14H20N2O2S. The number of rotatable bonds is 6. The molecule has 0 radical (unpaired) electrons. The SMILES string of the molecule is CCOC(=O)CN(CC)c1ccc(C)cc1C(N)=S. The Morgan fingerprint density at radius 1 is 1.42 bits per heavy atom. The van der Waals surface area contributed by atoms with Crippen LogP contribution in [0.1, 0.15) is 25.0 Å². The molecule has 0 unspecified atom stereocenters. The second-order valence-electron chi connectivity index (χ2n) is 4.20. The standard InChI is InChI=1S/C14H20N2O2S/c1-4-16(9-13(17)18-5-2)12-7-6-10(3)8-11(12)14(15)19/h6-8H,4-5,9H2,1-3H3,(H2,15,19). The zero-order chi connectivity index (χ0) is 14.4. The molecule has 4 nitrogen and oxygen atoms in total. The predicted molar refractivity (Wildman–Crippen MR) is 81.6 cm³/mol. The smallest absolute Gasteiger partial charge is 0.325 e. The van der Waals surface area contributed by atoms with Crippen LogP contribution in [0.5, 0.6) is 0 Å². The topological polar surface area (TPSA) is 55.6 Å². The van der Waals surface area contributed by atoms with E-state index < -0.39 is 0 Å². The first kappa shape index (κ1) is 15.4. The van der Waals surface area contributed by atoms with Crippen LogP contribution < -0.4 is 10.6 Å². The Morgan fingerprint density at radius 3 is 2.63 bits per heavy atom. The van der Waals surface area contributed by atoms with E-state index in [1.165, 1.54) is 0 Å². The molecule has 2 N–H and O–H groups in total. The summed E-state index contributed by atoms with van der Waals surface area (Å²) < 4.78 is 4.98. The minimum atomic E-state index is -0.251. The number of hydrogen-bond acceptors (Lipinski definition) is 4. The van der Waals surface area contributed by atoms with Crippen molar-refractivity contribution >= 4 is 28.9 Å². The van der Waals surface area contributed by atoms with E-state index in [0.29, 0.717) is 18.1 Å². The van der Waals surface area contributed by atoms with E-state index in [4.69, 9.17) is 22.7 Å². The normalized spacial score (nSPS) is 10.1. The number of thiocarbonyl (C=S) groups is 1. The summed E-state index contributed by atoms with van der Waals surface area (Å²) in [7, 11) is 0. The highest BCUT2D eigenvalue weighted by atomic mass is 32.1. The number of anilines is 1. The molecule has 0 aromatic heterocycles. The minimum absolute atomic E-state index is 0.197. The first-order valence-corrected chi connectivity index (χ1v) is 6.71. The van der Waals surface area contributed by atoms with Gasteiger partial charge in [0, 0.05) is 17.8 Å². The van der Waals surface area contributed by atoms with Gasteiger partial charge in [0.05, 0.1) is 6.61 Å². The first-order valence-electron chi connectivity index (χ1n) is 6.30. The van der Waals surface area contributed by atoms with E-state index in [9.17, 15) is 4.79 Å². The quantitative estimate of drug-likeness (QED) is 0.638. The van der Waals surface area contributed by atoms with Gasteiger partial charge in [-0.2, -0.15) is 0 Å². The molecule has 0 heterocycles. The lowest BCUT2D eigenvalue weighted by atomic mass is 10.1. The van der Waals surface area contributed by atoms with Crippen LogP contribution in [-0.2, 0) is 9.53 Å². The molecule has 1 aromatic rings. The zero-order valence-electron chi connectivity index (χ0n) is 11.6. The lowest BCUT2D eigenvalue weighted by Gasteiger charge is -2.24. The highest BCUT2D eigenvalue weighted by Gasteiger charge is 2.15. The van der Waals surface area contributed by atoms with Crippen molar-refractivity contribution in [3.63, 3.8) is 0 Å². The van der Waals surface area contributed by atoms with E-state index in [1.54, 1.807) is 6.92 Å². The number of ether oxygens (including phenoxy) is 1. The van der Waals surface area contributed by atoms with E-state index in [-0.39, 0.29) is 12.5 Å². The molecule has 0 fully saturated rings. The Morgan fingerprint density at radius 2 is 2.11 bits per heavy atom. The molecule has 0 spiro atoms. The van der Waals surface area contributed by atoms with E-state index in [2.05, 4.69) is 0 Å². The van der Waals surface area contributed by atoms with Crippen LogP contribution in [0.15, 0.2) is 18.2 Å². The lowest BCUT2D eigenvalue weighted by Crippen LogP contribution is -2.32. The van der Waals surface area contributed by atoms with Crippen molar-refractivity contribution in [3.8, 4) is 0 Å². The predicted octanol–water partition coefficient (Wildman–Crippen LogP) is 2.02. The number of esters is 1. The summed E-state index contributed by atoms with van der Waals surface area (Å²) in [5, 5.41) is 0. The number of nitrogens with zero attached hydrogens (tertiary/aromatic N) is 1. The highest BCUT2D eigenvalue weighted by molar-refractivity contribution is 7.80. The summed E-state index contributed by atoms with van der Waals surface area (Å²) in [6.45, 7) is 7.00. The van der Waals surface area contributed by atoms with Crippen molar-refractivity contribution in [3.05, 3.63) is 29.3 Å². The molecule has 0 amide bonds. The highest BCUT2D eigenvalue weighted by Crippen LogP contribution is 2.22. The fraction of sp³-hybridized carbons (Fsp3) is 0.429. The summed E-state index contributed by atoms with van der Waals surface area (Å²) in [5.74, 6) is -0.251. The van der Waals surface area contributed by atoms with Gasteiger partial charge in [0.1, 0.15) is 11.5 Å². The molecular weight excluding hydrogens is 260 g/mol. The Hall–Kier alpha value is -1.62. The summed E-state index contributed by atoms with van der Waals surface area (Å²) in [6, 6.07) is 5.85. The van der Waals surface area contributed by atoms with Gasteiger partial charge < -0.3 is 15.4 Å². The summed E-state index contributed by atoms with van der Waals surface area (Å²) >= 11 is 5.08. The summed E-state index contributed by atoms with van der Waals surface area (Å²) in [5.41, 5.74) is 8.50. The molecule has 0 bridgehead atoms. The first-order chi connectivity index (χ1) is 8.99. The van der Waals surface area contributed by atoms with Crippen LogP contribution in [-0.4, -0.2) is 30.7 Å². The van der Waals surface area contributed by atoms with E-state index in [0.717, 1.165) is 16.8 Å². The molecule has 0 aliphatic heterocycles. The van der Waals surface area contributed by atoms with Crippen LogP contribution in [0, 0.1) is 6.92 Å². The van der Waals surface area contributed by atoms with Crippen molar-refractivity contribution in [1.82, 2.24) is 0 Å². The number of carbonyl (C=O) groups excluding carboxylic acids is 1. The Labute approximate surface area is 119 Å². The van der Waals surface area contributed by atoms with Crippen molar-refractivity contribution in [2.75, 3.05) is 24.6 Å². The third kappa shape index (κ3) is 4.21. The fourth-order valence-corrected chi connectivity index (χ4v) is 2.02. The van der Waals surface area contributed by atoms with Crippen LogP contribution in [0.4, 0.5) is 5.69 Å². The monoisotopic (exact) mass is 280 g/mol. The Kier molecular flexibility index (Phi) is 5.76. The summed E-state index contributed by atoms with van der Waals surface area (Å²) in [6.07, 6.45) is 0. The largest absolute Gasteiger partial charge is 0.465 e. The van der Waals surface area contributed by atoms with Crippen LogP contribution in [0.2, 0.25) is 0 Å².